The molecule has 4 bridgehead atoms. The van der Waals surface area contributed by atoms with E-state index in [9.17, 15) is 5.11 Å². The second-order valence-electron chi connectivity index (χ2n) is 9.46. The smallest absolute Gasteiger partial charge is 0.137 e. The average molecular weight is 367 g/mol. The molecular formula is C22H30N4O. The Bertz CT molecular complexity index is 853. The van der Waals surface area contributed by atoms with Gasteiger partial charge in [-0.25, -0.2) is 9.97 Å². The van der Waals surface area contributed by atoms with E-state index in [1.165, 1.54) is 19.3 Å². The van der Waals surface area contributed by atoms with Crippen LogP contribution in [-0.2, 0) is 6.42 Å². The molecule has 5 heteroatoms. The van der Waals surface area contributed by atoms with Crippen molar-refractivity contribution in [1.82, 2.24) is 9.97 Å². The first-order chi connectivity index (χ1) is 13.0. The van der Waals surface area contributed by atoms with Gasteiger partial charge in [0.25, 0.3) is 0 Å². The number of nitrogens with two attached hydrogens (primary N) is 1. The molecule has 2 aromatic rings. The third kappa shape index (κ3) is 2.92. The Kier molecular flexibility index (Phi) is 3.96. The summed E-state index contributed by atoms with van der Waals surface area (Å²) in [6, 6.07) is 8.46. The summed E-state index contributed by atoms with van der Waals surface area (Å²) in [5.41, 5.74) is 6.46. The quantitative estimate of drug-likeness (QED) is 0.756. The summed E-state index contributed by atoms with van der Waals surface area (Å²) < 4.78 is 0. The van der Waals surface area contributed by atoms with E-state index in [0.717, 1.165) is 41.8 Å². The van der Waals surface area contributed by atoms with Gasteiger partial charge in [0.2, 0.25) is 0 Å². The van der Waals surface area contributed by atoms with Crippen LogP contribution in [0.25, 0.3) is 10.9 Å². The van der Waals surface area contributed by atoms with Gasteiger partial charge in [0.05, 0.1) is 11.1 Å². The summed E-state index contributed by atoms with van der Waals surface area (Å²) in [5, 5.41) is 15.9. The molecule has 0 aliphatic heterocycles. The SMILES string of the molecule is C[C@H](Nc1nc(CCN)nc2ccccc12)C12C[C@@H]3C[C@@H](CC(O)(C3)C1)C2. The van der Waals surface area contributed by atoms with E-state index in [1.54, 1.807) is 0 Å². The zero-order valence-corrected chi connectivity index (χ0v) is 16.1. The lowest BCUT2D eigenvalue weighted by atomic mass is 9.46. The molecule has 4 N–H and O–H groups in total. The van der Waals surface area contributed by atoms with Gasteiger partial charge < -0.3 is 16.2 Å². The van der Waals surface area contributed by atoms with Gasteiger partial charge in [0, 0.05) is 17.8 Å². The lowest BCUT2D eigenvalue weighted by molar-refractivity contribution is -0.167. The fourth-order valence-corrected chi connectivity index (χ4v) is 6.62. The lowest BCUT2D eigenvalue weighted by Gasteiger charge is -2.62. The van der Waals surface area contributed by atoms with Gasteiger partial charge in [-0.05, 0) is 81.4 Å². The molecule has 2 unspecified atom stereocenters. The zero-order valence-electron chi connectivity index (χ0n) is 16.1. The molecule has 0 amide bonds. The van der Waals surface area contributed by atoms with E-state index in [2.05, 4.69) is 23.3 Å². The maximum Gasteiger partial charge on any atom is 0.137 e. The van der Waals surface area contributed by atoms with Crippen molar-refractivity contribution in [2.24, 2.45) is 23.0 Å². The first kappa shape index (κ1) is 17.4. The molecule has 1 aromatic carbocycles. The van der Waals surface area contributed by atoms with Gasteiger partial charge in [-0.15, -0.1) is 0 Å². The van der Waals surface area contributed by atoms with E-state index >= 15 is 0 Å². The fourth-order valence-electron chi connectivity index (χ4n) is 6.62. The number of hydrogen-bond donors (Lipinski definition) is 3. The van der Waals surface area contributed by atoms with Crippen LogP contribution >= 0.6 is 0 Å². The molecule has 4 aliphatic carbocycles. The standard InChI is InChI=1S/C22H30N4O/c1-14(21-9-15-8-16(10-21)12-22(27,11-15)13-21)24-20-17-4-2-3-5-18(17)25-19(26-20)6-7-23/h2-5,14-16,27H,6-13,23H2,1H3,(H,24,25,26)/t14-,15-,16+,21?,22?/m0/s1. The molecule has 5 nitrogen and oxygen atoms in total. The van der Waals surface area contributed by atoms with Crippen molar-refractivity contribution < 1.29 is 5.11 Å². The van der Waals surface area contributed by atoms with Crippen molar-refractivity contribution in [2.75, 3.05) is 11.9 Å². The minimum Gasteiger partial charge on any atom is -0.390 e. The third-order valence-corrected chi connectivity index (χ3v) is 7.36. The van der Waals surface area contributed by atoms with Gasteiger partial charge in [-0.3, -0.25) is 0 Å². The number of benzene rings is 1. The molecule has 4 aliphatic rings. The summed E-state index contributed by atoms with van der Waals surface area (Å²) in [4.78, 5) is 9.48. The molecule has 0 saturated heterocycles. The van der Waals surface area contributed by atoms with Crippen molar-refractivity contribution >= 4 is 16.7 Å². The van der Waals surface area contributed by atoms with E-state index in [4.69, 9.17) is 10.7 Å². The van der Waals surface area contributed by atoms with Crippen LogP contribution in [0.1, 0.15) is 51.3 Å². The minimum atomic E-state index is -0.432. The predicted molar refractivity (Wildman–Crippen MR) is 107 cm³/mol. The van der Waals surface area contributed by atoms with Crippen LogP contribution in [0.15, 0.2) is 24.3 Å². The largest absolute Gasteiger partial charge is 0.390 e. The fraction of sp³-hybridized carbons (Fsp3) is 0.636. The molecule has 144 valence electrons. The Hall–Kier alpha value is -1.72. The summed E-state index contributed by atoms with van der Waals surface area (Å²) in [6.45, 7) is 2.84. The molecule has 0 spiro atoms. The summed E-state index contributed by atoms with van der Waals surface area (Å²) >= 11 is 0. The van der Waals surface area contributed by atoms with E-state index < -0.39 is 5.60 Å². The maximum absolute atomic E-state index is 11.1. The van der Waals surface area contributed by atoms with Gasteiger partial charge in [0.15, 0.2) is 0 Å². The number of nitrogens with one attached hydrogen (secondary N) is 1. The van der Waals surface area contributed by atoms with Crippen LogP contribution in [-0.4, -0.2) is 33.3 Å². The van der Waals surface area contributed by atoms with Crippen molar-refractivity contribution in [3.8, 4) is 0 Å². The van der Waals surface area contributed by atoms with Crippen molar-refractivity contribution in [2.45, 2.75) is 63.5 Å². The Morgan fingerprint density at radius 2 is 1.93 bits per heavy atom. The molecule has 1 aromatic heterocycles. The van der Waals surface area contributed by atoms with Crippen molar-refractivity contribution in [3.05, 3.63) is 30.1 Å². The average Bonchev–Trinajstić information content (AvgIpc) is 2.60. The maximum atomic E-state index is 11.1. The summed E-state index contributed by atoms with van der Waals surface area (Å²) in [6.07, 6.45) is 7.41. The van der Waals surface area contributed by atoms with Crippen molar-refractivity contribution in [1.29, 1.82) is 0 Å². The van der Waals surface area contributed by atoms with E-state index in [0.29, 0.717) is 24.8 Å². The number of nitrogens with zero attached hydrogens (tertiary/aromatic N) is 2. The highest BCUT2D eigenvalue weighted by Gasteiger charge is 2.58. The highest BCUT2D eigenvalue weighted by molar-refractivity contribution is 5.89. The van der Waals surface area contributed by atoms with Gasteiger partial charge >= 0.3 is 0 Å². The molecular weight excluding hydrogens is 336 g/mol. The second kappa shape index (κ2) is 6.14. The van der Waals surface area contributed by atoms with E-state index in [-0.39, 0.29) is 11.5 Å². The topological polar surface area (TPSA) is 84.1 Å². The molecule has 1 heterocycles. The Balaban J connectivity index is 1.48. The van der Waals surface area contributed by atoms with Crippen LogP contribution < -0.4 is 11.1 Å². The Labute approximate surface area is 160 Å². The van der Waals surface area contributed by atoms with Crippen LogP contribution in [0.5, 0.6) is 0 Å². The van der Waals surface area contributed by atoms with E-state index in [1.807, 2.05) is 18.2 Å². The zero-order chi connectivity index (χ0) is 18.6. The van der Waals surface area contributed by atoms with Crippen LogP contribution in [0.2, 0.25) is 0 Å². The summed E-state index contributed by atoms with van der Waals surface area (Å²) in [5.74, 6) is 3.10. The van der Waals surface area contributed by atoms with Gasteiger partial charge in [0.1, 0.15) is 11.6 Å². The number of fused-ring (bicyclic) bond motifs is 1. The molecule has 0 radical (unpaired) electrons. The number of aromatic nitrogens is 2. The highest BCUT2D eigenvalue weighted by atomic mass is 16.3. The third-order valence-electron chi connectivity index (χ3n) is 7.36. The van der Waals surface area contributed by atoms with Gasteiger partial charge in [-0.1, -0.05) is 12.1 Å². The number of hydrogen-bond acceptors (Lipinski definition) is 5. The molecule has 5 atom stereocenters. The first-order valence-electron chi connectivity index (χ1n) is 10.4. The Morgan fingerprint density at radius 3 is 2.63 bits per heavy atom. The normalized spacial score (nSPS) is 35.5. The van der Waals surface area contributed by atoms with Crippen LogP contribution in [0.4, 0.5) is 5.82 Å². The second-order valence-corrected chi connectivity index (χ2v) is 9.46. The highest BCUT2D eigenvalue weighted by Crippen LogP contribution is 2.63. The first-order valence-corrected chi connectivity index (χ1v) is 10.4. The molecule has 6 rings (SSSR count). The summed E-state index contributed by atoms with van der Waals surface area (Å²) in [7, 11) is 0. The minimum absolute atomic E-state index is 0.179. The van der Waals surface area contributed by atoms with Crippen LogP contribution in [0, 0.1) is 17.3 Å². The lowest BCUT2D eigenvalue weighted by Crippen LogP contribution is -2.60. The number of aliphatic hydroxyl groups is 1. The molecule has 4 fully saturated rings. The van der Waals surface area contributed by atoms with Crippen LogP contribution in [0.3, 0.4) is 0 Å². The van der Waals surface area contributed by atoms with Crippen molar-refractivity contribution in [3.63, 3.8) is 0 Å². The molecule has 4 saturated carbocycles. The number of para-hydroxylation sites is 1. The number of anilines is 1. The number of rotatable bonds is 5. The molecule has 27 heavy (non-hydrogen) atoms. The Morgan fingerprint density at radius 1 is 1.19 bits per heavy atom. The van der Waals surface area contributed by atoms with Gasteiger partial charge in [-0.2, -0.15) is 0 Å². The monoisotopic (exact) mass is 366 g/mol. The predicted octanol–water partition coefficient (Wildman–Crippen LogP) is 3.26.